The summed E-state index contributed by atoms with van der Waals surface area (Å²) in [5.41, 5.74) is 0.889. The van der Waals surface area contributed by atoms with Crippen molar-refractivity contribution in [2.24, 2.45) is 0 Å². The average Bonchev–Trinajstić information content (AvgIpc) is 2.54. The van der Waals surface area contributed by atoms with Crippen molar-refractivity contribution in [1.29, 1.82) is 0 Å². The molecule has 14 heavy (non-hydrogen) atoms. The third kappa shape index (κ3) is 2.20. The van der Waals surface area contributed by atoms with Crippen LogP contribution >= 0.6 is 15.9 Å². The third-order valence-corrected chi connectivity index (χ3v) is 2.28. The van der Waals surface area contributed by atoms with Crippen molar-refractivity contribution < 1.29 is 4.39 Å². The van der Waals surface area contributed by atoms with Crippen LogP contribution in [0.15, 0.2) is 41.1 Å². The van der Waals surface area contributed by atoms with Gasteiger partial charge in [-0.3, -0.25) is 4.68 Å². The summed E-state index contributed by atoms with van der Waals surface area (Å²) < 4.78 is 15.5. The van der Waals surface area contributed by atoms with Crippen molar-refractivity contribution in [3.05, 3.63) is 52.5 Å². The second-order valence-corrected chi connectivity index (χ2v) is 3.90. The van der Waals surface area contributed by atoms with Gasteiger partial charge in [0.05, 0.1) is 6.54 Å². The fraction of sp³-hybridized carbons (Fsp3) is 0.100. The number of halogens is 2. The first kappa shape index (κ1) is 9.40. The molecule has 72 valence electrons. The molecular formula is C10H8BrFN2. The molecule has 0 fully saturated rings. The van der Waals surface area contributed by atoms with E-state index in [1.807, 2.05) is 18.3 Å². The van der Waals surface area contributed by atoms with Crippen molar-refractivity contribution in [3.8, 4) is 0 Å². The predicted octanol–water partition coefficient (Wildman–Crippen LogP) is 2.83. The number of hydrogen-bond donors (Lipinski definition) is 0. The van der Waals surface area contributed by atoms with Gasteiger partial charge < -0.3 is 0 Å². The molecule has 0 saturated heterocycles. The Morgan fingerprint density at radius 1 is 1.36 bits per heavy atom. The number of benzene rings is 1. The molecule has 0 atom stereocenters. The minimum absolute atomic E-state index is 0.235. The van der Waals surface area contributed by atoms with Crippen LogP contribution in [-0.2, 0) is 6.54 Å². The summed E-state index contributed by atoms with van der Waals surface area (Å²) in [4.78, 5) is 0. The summed E-state index contributed by atoms with van der Waals surface area (Å²) in [5.74, 6) is -0.235. The van der Waals surface area contributed by atoms with E-state index in [0.717, 1.165) is 10.0 Å². The molecule has 0 saturated carbocycles. The molecule has 0 N–H and O–H groups in total. The minimum atomic E-state index is -0.235. The molecule has 0 bridgehead atoms. The first-order valence-corrected chi connectivity index (χ1v) is 4.96. The molecule has 1 aromatic heterocycles. The molecular weight excluding hydrogens is 247 g/mol. The van der Waals surface area contributed by atoms with Crippen LogP contribution in [-0.4, -0.2) is 9.78 Å². The molecule has 0 aliphatic rings. The van der Waals surface area contributed by atoms with Crippen molar-refractivity contribution in [3.63, 3.8) is 0 Å². The Morgan fingerprint density at radius 2 is 2.21 bits per heavy atom. The Bertz CT molecular complexity index is 405. The number of hydrogen-bond acceptors (Lipinski definition) is 1. The van der Waals surface area contributed by atoms with Crippen LogP contribution in [0.4, 0.5) is 4.39 Å². The normalized spacial score (nSPS) is 10.4. The van der Waals surface area contributed by atoms with Crippen LogP contribution in [0.1, 0.15) is 5.56 Å². The highest BCUT2D eigenvalue weighted by Crippen LogP contribution is 2.15. The quantitative estimate of drug-likeness (QED) is 0.806. The van der Waals surface area contributed by atoms with E-state index in [4.69, 9.17) is 0 Å². The fourth-order valence-corrected chi connectivity index (χ4v) is 1.80. The highest BCUT2D eigenvalue weighted by molar-refractivity contribution is 9.10. The van der Waals surface area contributed by atoms with Gasteiger partial charge in [0.1, 0.15) is 5.82 Å². The van der Waals surface area contributed by atoms with E-state index in [2.05, 4.69) is 21.0 Å². The molecule has 2 nitrogen and oxygen atoms in total. The van der Waals surface area contributed by atoms with E-state index in [1.54, 1.807) is 10.9 Å². The Labute approximate surface area is 89.5 Å². The number of rotatable bonds is 2. The zero-order valence-electron chi connectivity index (χ0n) is 7.32. The van der Waals surface area contributed by atoms with Crippen molar-refractivity contribution in [2.75, 3.05) is 0 Å². The second-order valence-electron chi connectivity index (χ2n) is 2.98. The van der Waals surface area contributed by atoms with E-state index >= 15 is 0 Å². The van der Waals surface area contributed by atoms with Crippen LogP contribution in [0.5, 0.6) is 0 Å². The predicted molar refractivity (Wildman–Crippen MR) is 55.4 cm³/mol. The largest absolute Gasteiger partial charge is 0.268 e. The van der Waals surface area contributed by atoms with E-state index in [-0.39, 0.29) is 5.82 Å². The minimum Gasteiger partial charge on any atom is -0.268 e. The lowest BCUT2D eigenvalue weighted by molar-refractivity contribution is 0.618. The van der Waals surface area contributed by atoms with Crippen LogP contribution in [0.2, 0.25) is 0 Å². The molecule has 1 aromatic carbocycles. The summed E-state index contributed by atoms with van der Waals surface area (Å²) in [6.45, 7) is 0.587. The van der Waals surface area contributed by atoms with E-state index in [1.165, 1.54) is 12.1 Å². The van der Waals surface area contributed by atoms with Crippen molar-refractivity contribution in [2.45, 2.75) is 6.54 Å². The summed E-state index contributed by atoms with van der Waals surface area (Å²) in [6, 6.07) is 6.66. The van der Waals surface area contributed by atoms with Crippen LogP contribution in [0.3, 0.4) is 0 Å². The first-order chi connectivity index (χ1) is 6.74. The lowest BCUT2D eigenvalue weighted by Crippen LogP contribution is -2.00. The maximum absolute atomic E-state index is 13.0. The summed E-state index contributed by atoms with van der Waals surface area (Å²) in [5, 5.41) is 4.05. The third-order valence-electron chi connectivity index (χ3n) is 1.83. The van der Waals surface area contributed by atoms with Gasteiger partial charge in [0.25, 0.3) is 0 Å². The lowest BCUT2D eigenvalue weighted by atomic mass is 10.2. The Balaban J connectivity index is 2.25. The SMILES string of the molecule is Fc1cc(Br)cc(Cn2cccn2)c1. The first-order valence-electron chi connectivity index (χ1n) is 4.16. The molecule has 0 spiro atoms. The lowest BCUT2D eigenvalue weighted by Gasteiger charge is -2.02. The maximum Gasteiger partial charge on any atom is 0.124 e. The standard InChI is InChI=1S/C10H8BrFN2/c11-9-4-8(5-10(12)6-9)7-14-3-1-2-13-14/h1-6H,7H2. The van der Waals surface area contributed by atoms with E-state index in [0.29, 0.717) is 6.54 Å². The smallest absolute Gasteiger partial charge is 0.124 e. The molecule has 1 heterocycles. The van der Waals surface area contributed by atoms with Gasteiger partial charge in [0.2, 0.25) is 0 Å². The number of nitrogens with zero attached hydrogens (tertiary/aromatic N) is 2. The topological polar surface area (TPSA) is 17.8 Å². The zero-order chi connectivity index (χ0) is 9.97. The van der Waals surface area contributed by atoms with Gasteiger partial charge in [-0.25, -0.2) is 4.39 Å². The van der Waals surface area contributed by atoms with Gasteiger partial charge in [0.15, 0.2) is 0 Å². The molecule has 0 unspecified atom stereocenters. The van der Waals surface area contributed by atoms with Crippen LogP contribution < -0.4 is 0 Å². The average molecular weight is 255 g/mol. The highest BCUT2D eigenvalue weighted by Gasteiger charge is 1.99. The van der Waals surface area contributed by atoms with Gasteiger partial charge in [-0.05, 0) is 29.8 Å². The molecule has 0 aliphatic carbocycles. The molecule has 0 radical (unpaired) electrons. The van der Waals surface area contributed by atoms with Gasteiger partial charge in [-0.2, -0.15) is 5.10 Å². The van der Waals surface area contributed by atoms with Crippen molar-refractivity contribution >= 4 is 15.9 Å². The van der Waals surface area contributed by atoms with E-state index < -0.39 is 0 Å². The molecule has 2 aromatic rings. The van der Waals surface area contributed by atoms with Crippen LogP contribution in [0.25, 0.3) is 0 Å². The molecule has 2 rings (SSSR count). The Hall–Kier alpha value is -1.16. The van der Waals surface area contributed by atoms with Crippen molar-refractivity contribution in [1.82, 2.24) is 9.78 Å². The zero-order valence-corrected chi connectivity index (χ0v) is 8.91. The molecule has 4 heteroatoms. The van der Waals surface area contributed by atoms with Gasteiger partial charge in [-0.1, -0.05) is 15.9 Å². The summed E-state index contributed by atoms with van der Waals surface area (Å²) >= 11 is 3.25. The molecule has 0 aliphatic heterocycles. The van der Waals surface area contributed by atoms with Gasteiger partial charge in [0, 0.05) is 16.9 Å². The van der Waals surface area contributed by atoms with Gasteiger partial charge in [-0.15, -0.1) is 0 Å². The summed E-state index contributed by atoms with van der Waals surface area (Å²) in [7, 11) is 0. The number of aromatic nitrogens is 2. The van der Waals surface area contributed by atoms with E-state index in [9.17, 15) is 4.39 Å². The van der Waals surface area contributed by atoms with Gasteiger partial charge >= 0.3 is 0 Å². The van der Waals surface area contributed by atoms with Crippen LogP contribution in [0, 0.1) is 5.82 Å². The second kappa shape index (κ2) is 3.92. The molecule has 0 amide bonds. The monoisotopic (exact) mass is 254 g/mol. The summed E-state index contributed by atoms with van der Waals surface area (Å²) in [6.07, 6.45) is 3.55. The Morgan fingerprint density at radius 3 is 2.86 bits per heavy atom. The maximum atomic E-state index is 13.0. The highest BCUT2D eigenvalue weighted by atomic mass is 79.9. The Kier molecular flexibility index (Phi) is 2.63. The fourth-order valence-electron chi connectivity index (χ4n) is 1.28.